The third-order valence-electron chi connectivity index (χ3n) is 3.24. The smallest absolute Gasteiger partial charge is 0.222 e. The van der Waals surface area contributed by atoms with Crippen LogP contribution in [0.5, 0.6) is 0 Å². The molecule has 0 aromatic heterocycles. The van der Waals surface area contributed by atoms with Crippen molar-refractivity contribution in [3.63, 3.8) is 0 Å². The first-order chi connectivity index (χ1) is 8.09. The predicted molar refractivity (Wildman–Crippen MR) is 70.4 cm³/mol. The highest BCUT2D eigenvalue weighted by atomic mass is 35.5. The standard InChI is InChI=1S/C13H24ClNO2/c1-11(14)8-9-15(2)13(16)7-6-12-5-3-4-10-17-12/h11-12H,3-10H2,1-2H3. The highest BCUT2D eigenvalue weighted by Crippen LogP contribution is 2.17. The summed E-state index contributed by atoms with van der Waals surface area (Å²) in [6.07, 6.45) is 6.11. The van der Waals surface area contributed by atoms with Crippen molar-refractivity contribution in [1.29, 1.82) is 0 Å². The first-order valence-corrected chi connectivity index (χ1v) is 7.03. The molecule has 1 heterocycles. The van der Waals surface area contributed by atoms with Gasteiger partial charge in [-0.1, -0.05) is 0 Å². The highest BCUT2D eigenvalue weighted by Gasteiger charge is 2.17. The van der Waals surface area contributed by atoms with Gasteiger partial charge in [0.05, 0.1) is 6.10 Å². The SMILES string of the molecule is CC(Cl)CCN(C)C(=O)CCC1CCCCO1. The summed E-state index contributed by atoms with van der Waals surface area (Å²) in [5.74, 6) is 0.205. The van der Waals surface area contributed by atoms with Crippen LogP contribution in [-0.4, -0.2) is 42.5 Å². The van der Waals surface area contributed by atoms with E-state index in [1.165, 1.54) is 6.42 Å². The topological polar surface area (TPSA) is 29.5 Å². The fourth-order valence-electron chi connectivity index (χ4n) is 2.01. The van der Waals surface area contributed by atoms with E-state index in [0.717, 1.165) is 38.8 Å². The number of carbonyl (C=O) groups is 1. The van der Waals surface area contributed by atoms with Gasteiger partial charge in [0.2, 0.25) is 5.91 Å². The highest BCUT2D eigenvalue weighted by molar-refractivity contribution is 6.20. The van der Waals surface area contributed by atoms with Gasteiger partial charge in [-0.05, 0) is 39.0 Å². The van der Waals surface area contributed by atoms with Crippen LogP contribution in [0.4, 0.5) is 0 Å². The van der Waals surface area contributed by atoms with Crippen LogP contribution < -0.4 is 0 Å². The third kappa shape index (κ3) is 6.27. The molecule has 4 heteroatoms. The Bertz CT molecular complexity index is 227. The van der Waals surface area contributed by atoms with E-state index in [2.05, 4.69) is 0 Å². The van der Waals surface area contributed by atoms with Crippen molar-refractivity contribution < 1.29 is 9.53 Å². The minimum atomic E-state index is 0.131. The molecule has 2 atom stereocenters. The van der Waals surface area contributed by atoms with Gasteiger partial charge in [0, 0.05) is 32.0 Å². The number of halogens is 1. The van der Waals surface area contributed by atoms with E-state index in [1.807, 2.05) is 14.0 Å². The molecular weight excluding hydrogens is 238 g/mol. The fraction of sp³-hybridized carbons (Fsp3) is 0.923. The molecular formula is C13H24ClNO2. The van der Waals surface area contributed by atoms with Gasteiger partial charge < -0.3 is 9.64 Å². The number of rotatable bonds is 6. The van der Waals surface area contributed by atoms with Crippen molar-refractivity contribution in [2.45, 2.75) is 56.9 Å². The quantitative estimate of drug-likeness (QED) is 0.688. The largest absolute Gasteiger partial charge is 0.378 e. The van der Waals surface area contributed by atoms with Gasteiger partial charge in [-0.25, -0.2) is 0 Å². The van der Waals surface area contributed by atoms with Crippen LogP contribution in [0.1, 0.15) is 45.4 Å². The lowest BCUT2D eigenvalue weighted by Gasteiger charge is -2.23. The molecule has 100 valence electrons. The number of amides is 1. The molecule has 1 amide bonds. The molecule has 1 fully saturated rings. The Balaban J connectivity index is 2.14. The molecule has 17 heavy (non-hydrogen) atoms. The molecule has 0 N–H and O–H groups in total. The van der Waals surface area contributed by atoms with Crippen molar-refractivity contribution in [2.75, 3.05) is 20.2 Å². The first kappa shape index (κ1) is 14.8. The Hall–Kier alpha value is -0.280. The van der Waals surface area contributed by atoms with E-state index in [9.17, 15) is 4.79 Å². The van der Waals surface area contributed by atoms with Gasteiger partial charge in [0.1, 0.15) is 0 Å². The van der Waals surface area contributed by atoms with Gasteiger partial charge in [-0.15, -0.1) is 11.6 Å². The van der Waals surface area contributed by atoms with E-state index >= 15 is 0 Å². The van der Waals surface area contributed by atoms with Gasteiger partial charge in [-0.3, -0.25) is 4.79 Å². The molecule has 0 radical (unpaired) electrons. The zero-order valence-electron chi connectivity index (χ0n) is 11.0. The Labute approximate surface area is 109 Å². The lowest BCUT2D eigenvalue weighted by Crippen LogP contribution is -2.30. The number of nitrogens with zero attached hydrogens (tertiary/aromatic N) is 1. The van der Waals surface area contributed by atoms with E-state index in [0.29, 0.717) is 12.5 Å². The van der Waals surface area contributed by atoms with Gasteiger partial charge in [0.15, 0.2) is 0 Å². The second-order valence-corrected chi connectivity index (χ2v) is 5.66. The Kier molecular flexibility index (Phi) is 6.90. The maximum Gasteiger partial charge on any atom is 0.222 e. The molecule has 0 aromatic rings. The molecule has 1 rings (SSSR count). The van der Waals surface area contributed by atoms with Crippen LogP contribution in [0.15, 0.2) is 0 Å². The second kappa shape index (κ2) is 7.93. The molecule has 0 saturated carbocycles. The van der Waals surface area contributed by atoms with Crippen LogP contribution in [-0.2, 0) is 9.53 Å². The molecule has 0 aromatic carbocycles. The fourth-order valence-corrected chi connectivity index (χ4v) is 2.10. The summed E-state index contributed by atoms with van der Waals surface area (Å²) in [4.78, 5) is 13.6. The summed E-state index contributed by atoms with van der Waals surface area (Å²) in [5.41, 5.74) is 0. The van der Waals surface area contributed by atoms with Crippen LogP contribution in [0, 0.1) is 0 Å². The number of carbonyl (C=O) groups excluding carboxylic acids is 1. The Morgan fingerprint density at radius 1 is 1.53 bits per heavy atom. The van der Waals surface area contributed by atoms with Crippen LogP contribution in [0.25, 0.3) is 0 Å². The molecule has 0 spiro atoms. The summed E-state index contributed by atoms with van der Waals surface area (Å²) in [6.45, 7) is 3.56. The van der Waals surface area contributed by atoms with Gasteiger partial charge in [0.25, 0.3) is 0 Å². The van der Waals surface area contributed by atoms with Crippen LogP contribution >= 0.6 is 11.6 Å². The summed E-state index contributed by atoms with van der Waals surface area (Å²) >= 11 is 5.87. The molecule has 0 bridgehead atoms. The van der Waals surface area contributed by atoms with E-state index < -0.39 is 0 Å². The van der Waals surface area contributed by atoms with Gasteiger partial charge in [-0.2, -0.15) is 0 Å². The summed E-state index contributed by atoms with van der Waals surface area (Å²) in [7, 11) is 1.85. The van der Waals surface area contributed by atoms with Crippen molar-refractivity contribution >= 4 is 17.5 Å². The summed E-state index contributed by atoms with van der Waals surface area (Å²) in [6, 6.07) is 0. The molecule has 1 aliphatic rings. The van der Waals surface area contributed by atoms with Crippen LogP contribution in [0.2, 0.25) is 0 Å². The average Bonchev–Trinajstić information content (AvgIpc) is 2.34. The van der Waals surface area contributed by atoms with Gasteiger partial charge >= 0.3 is 0 Å². The molecule has 1 saturated heterocycles. The number of hydrogen-bond acceptors (Lipinski definition) is 2. The predicted octanol–water partition coefficient (Wildman–Crippen LogP) is 2.81. The third-order valence-corrected chi connectivity index (χ3v) is 3.46. The maximum absolute atomic E-state index is 11.8. The summed E-state index contributed by atoms with van der Waals surface area (Å²) < 4.78 is 5.61. The zero-order valence-corrected chi connectivity index (χ0v) is 11.7. The van der Waals surface area contributed by atoms with Crippen molar-refractivity contribution in [3.05, 3.63) is 0 Å². The van der Waals surface area contributed by atoms with Crippen molar-refractivity contribution in [2.24, 2.45) is 0 Å². The number of alkyl halides is 1. The Morgan fingerprint density at radius 3 is 2.88 bits per heavy atom. The lowest BCUT2D eigenvalue weighted by molar-refractivity contribution is -0.131. The van der Waals surface area contributed by atoms with E-state index in [1.54, 1.807) is 4.90 Å². The zero-order chi connectivity index (χ0) is 12.7. The summed E-state index contributed by atoms with van der Waals surface area (Å²) in [5, 5.41) is 0.131. The minimum absolute atomic E-state index is 0.131. The normalized spacial score (nSPS) is 22.2. The monoisotopic (exact) mass is 261 g/mol. The van der Waals surface area contributed by atoms with Crippen molar-refractivity contribution in [3.8, 4) is 0 Å². The Morgan fingerprint density at radius 2 is 2.29 bits per heavy atom. The first-order valence-electron chi connectivity index (χ1n) is 6.59. The van der Waals surface area contributed by atoms with E-state index in [4.69, 9.17) is 16.3 Å². The number of hydrogen-bond donors (Lipinski definition) is 0. The molecule has 2 unspecified atom stereocenters. The number of ether oxygens (including phenoxy) is 1. The van der Waals surface area contributed by atoms with E-state index in [-0.39, 0.29) is 11.3 Å². The average molecular weight is 262 g/mol. The maximum atomic E-state index is 11.8. The lowest BCUT2D eigenvalue weighted by atomic mass is 10.0. The van der Waals surface area contributed by atoms with Crippen LogP contribution in [0.3, 0.4) is 0 Å². The second-order valence-electron chi connectivity index (χ2n) is 4.91. The van der Waals surface area contributed by atoms with Crippen molar-refractivity contribution in [1.82, 2.24) is 4.90 Å². The molecule has 0 aliphatic carbocycles. The molecule has 3 nitrogen and oxygen atoms in total. The molecule has 1 aliphatic heterocycles. The minimum Gasteiger partial charge on any atom is -0.378 e.